The molecule has 0 radical (unpaired) electrons. The van der Waals surface area contributed by atoms with Crippen LogP contribution in [0, 0.1) is 18.3 Å². The Labute approximate surface area is 108 Å². The molecule has 1 heterocycles. The van der Waals surface area contributed by atoms with E-state index in [2.05, 4.69) is 29.2 Å². The SMILES string of the molecule is CSCCC(C)N(C)c1c(C#N)c(C)nn1C. The van der Waals surface area contributed by atoms with Crippen molar-refractivity contribution < 1.29 is 0 Å². The van der Waals surface area contributed by atoms with Crippen LogP contribution >= 0.6 is 11.8 Å². The largest absolute Gasteiger partial charge is 0.356 e. The molecule has 0 aliphatic rings. The van der Waals surface area contributed by atoms with Crippen LogP contribution in [0.25, 0.3) is 0 Å². The number of anilines is 1. The number of aromatic nitrogens is 2. The molecule has 0 aliphatic carbocycles. The predicted molar refractivity (Wildman–Crippen MR) is 73.5 cm³/mol. The van der Waals surface area contributed by atoms with Crippen LogP contribution in [0.3, 0.4) is 0 Å². The van der Waals surface area contributed by atoms with Gasteiger partial charge in [-0.1, -0.05) is 0 Å². The lowest BCUT2D eigenvalue weighted by Crippen LogP contribution is -2.31. The summed E-state index contributed by atoms with van der Waals surface area (Å²) in [5, 5.41) is 13.5. The molecule has 0 saturated carbocycles. The van der Waals surface area contributed by atoms with Gasteiger partial charge in [0.25, 0.3) is 0 Å². The van der Waals surface area contributed by atoms with Crippen molar-refractivity contribution in [3.8, 4) is 6.07 Å². The maximum absolute atomic E-state index is 9.19. The summed E-state index contributed by atoms with van der Waals surface area (Å²) in [4.78, 5) is 2.15. The van der Waals surface area contributed by atoms with E-state index in [1.807, 2.05) is 32.8 Å². The Morgan fingerprint density at radius 1 is 1.59 bits per heavy atom. The molecule has 1 aromatic rings. The Bertz CT molecular complexity index is 419. The van der Waals surface area contributed by atoms with Crippen LogP contribution < -0.4 is 4.90 Å². The molecule has 1 rings (SSSR count). The highest BCUT2D eigenvalue weighted by molar-refractivity contribution is 7.98. The quantitative estimate of drug-likeness (QED) is 0.805. The fraction of sp³-hybridized carbons (Fsp3) is 0.667. The highest BCUT2D eigenvalue weighted by Crippen LogP contribution is 2.23. The van der Waals surface area contributed by atoms with E-state index in [-0.39, 0.29) is 0 Å². The molecule has 0 aromatic carbocycles. The van der Waals surface area contributed by atoms with Gasteiger partial charge in [0, 0.05) is 20.1 Å². The highest BCUT2D eigenvalue weighted by Gasteiger charge is 2.20. The normalized spacial score (nSPS) is 12.2. The van der Waals surface area contributed by atoms with Gasteiger partial charge >= 0.3 is 0 Å². The minimum absolute atomic E-state index is 0.407. The first kappa shape index (κ1) is 13.9. The summed E-state index contributed by atoms with van der Waals surface area (Å²) in [5.41, 5.74) is 1.49. The maximum Gasteiger partial charge on any atom is 0.144 e. The zero-order valence-electron chi connectivity index (χ0n) is 11.2. The van der Waals surface area contributed by atoms with Crippen LogP contribution in [0.2, 0.25) is 0 Å². The van der Waals surface area contributed by atoms with Crippen molar-refractivity contribution in [2.75, 3.05) is 24.0 Å². The minimum atomic E-state index is 0.407. The molecule has 0 spiro atoms. The minimum Gasteiger partial charge on any atom is -0.356 e. The van der Waals surface area contributed by atoms with E-state index in [1.165, 1.54) is 0 Å². The lowest BCUT2D eigenvalue weighted by Gasteiger charge is -2.26. The maximum atomic E-state index is 9.19. The second-order valence-electron chi connectivity index (χ2n) is 4.26. The standard InChI is InChI=1S/C12H20N4S/c1-9(6-7-17-5)15(3)12-11(8-13)10(2)14-16(12)4/h9H,6-7H2,1-5H3. The molecule has 1 aromatic heterocycles. The van der Waals surface area contributed by atoms with Gasteiger partial charge in [-0.3, -0.25) is 4.68 Å². The molecule has 1 atom stereocenters. The molecule has 94 valence electrons. The average molecular weight is 252 g/mol. The van der Waals surface area contributed by atoms with Crippen molar-refractivity contribution in [2.24, 2.45) is 7.05 Å². The third-order valence-corrected chi connectivity index (χ3v) is 3.68. The molecule has 0 saturated heterocycles. The molecule has 0 N–H and O–H groups in total. The lowest BCUT2D eigenvalue weighted by molar-refractivity contribution is 0.633. The lowest BCUT2D eigenvalue weighted by atomic mass is 10.2. The van der Waals surface area contributed by atoms with Crippen LogP contribution in [0.4, 0.5) is 5.82 Å². The third-order valence-electron chi connectivity index (χ3n) is 3.04. The Hall–Kier alpha value is -1.15. The predicted octanol–water partition coefficient (Wildman–Crippen LogP) is 2.18. The van der Waals surface area contributed by atoms with Crippen molar-refractivity contribution >= 4 is 17.6 Å². The summed E-state index contributed by atoms with van der Waals surface area (Å²) in [5.74, 6) is 2.04. The Kier molecular flexibility index (Phi) is 4.88. The summed E-state index contributed by atoms with van der Waals surface area (Å²) in [6, 6.07) is 2.65. The summed E-state index contributed by atoms with van der Waals surface area (Å²) in [6.07, 6.45) is 3.22. The molecule has 0 amide bonds. The van der Waals surface area contributed by atoms with Crippen molar-refractivity contribution in [1.82, 2.24) is 9.78 Å². The van der Waals surface area contributed by atoms with E-state index in [4.69, 9.17) is 0 Å². The summed E-state index contributed by atoms with van der Waals surface area (Å²) < 4.78 is 1.80. The van der Waals surface area contributed by atoms with Crippen molar-refractivity contribution in [3.63, 3.8) is 0 Å². The van der Waals surface area contributed by atoms with E-state index < -0.39 is 0 Å². The van der Waals surface area contributed by atoms with Crippen LogP contribution in [-0.2, 0) is 7.05 Å². The second kappa shape index (κ2) is 5.97. The number of thioether (sulfide) groups is 1. The van der Waals surface area contributed by atoms with Gasteiger partial charge < -0.3 is 4.90 Å². The van der Waals surface area contributed by atoms with Gasteiger partial charge in [0.15, 0.2) is 0 Å². The van der Waals surface area contributed by atoms with Gasteiger partial charge in [-0.25, -0.2) is 0 Å². The van der Waals surface area contributed by atoms with Gasteiger partial charge in [0.1, 0.15) is 17.5 Å². The number of aryl methyl sites for hydroxylation is 2. The van der Waals surface area contributed by atoms with E-state index in [0.29, 0.717) is 11.6 Å². The number of nitrogens with zero attached hydrogens (tertiary/aromatic N) is 4. The van der Waals surface area contributed by atoms with Crippen LogP contribution in [0.1, 0.15) is 24.6 Å². The van der Waals surface area contributed by atoms with Crippen molar-refractivity contribution in [2.45, 2.75) is 26.3 Å². The summed E-state index contributed by atoms with van der Waals surface area (Å²) >= 11 is 1.85. The molecule has 0 aliphatic heterocycles. The smallest absolute Gasteiger partial charge is 0.144 e. The fourth-order valence-electron chi connectivity index (χ4n) is 1.87. The summed E-state index contributed by atoms with van der Waals surface area (Å²) in [6.45, 7) is 4.06. The number of rotatable bonds is 5. The second-order valence-corrected chi connectivity index (χ2v) is 5.25. The van der Waals surface area contributed by atoms with Crippen LogP contribution in [0.15, 0.2) is 0 Å². The Morgan fingerprint density at radius 2 is 2.24 bits per heavy atom. The zero-order chi connectivity index (χ0) is 13.0. The van der Waals surface area contributed by atoms with E-state index in [1.54, 1.807) is 4.68 Å². The van der Waals surface area contributed by atoms with E-state index >= 15 is 0 Å². The van der Waals surface area contributed by atoms with Crippen LogP contribution in [0.5, 0.6) is 0 Å². The monoisotopic (exact) mass is 252 g/mol. The average Bonchev–Trinajstić information content (AvgIpc) is 2.59. The van der Waals surface area contributed by atoms with Gasteiger partial charge in [0.05, 0.1) is 5.69 Å². The molecular weight excluding hydrogens is 232 g/mol. The first-order chi connectivity index (χ1) is 8.02. The molecule has 0 bridgehead atoms. The van der Waals surface area contributed by atoms with Gasteiger partial charge in [0.2, 0.25) is 0 Å². The molecular formula is C12H20N4S. The summed E-state index contributed by atoms with van der Waals surface area (Å²) in [7, 11) is 3.92. The Balaban J connectivity index is 2.96. The highest BCUT2D eigenvalue weighted by atomic mass is 32.2. The molecule has 4 nitrogen and oxygen atoms in total. The van der Waals surface area contributed by atoms with E-state index in [0.717, 1.165) is 23.7 Å². The number of nitriles is 1. The number of hydrogen-bond acceptors (Lipinski definition) is 4. The van der Waals surface area contributed by atoms with Gasteiger partial charge in [-0.05, 0) is 32.3 Å². The number of hydrogen-bond donors (Lipinski definition) is 0. The Morgan fingerprint density at radius 3 is 2.76 bits per heavy atom. The first-order valence-electron chi connectivity index (χ1n) is 5.68. The van der Waals surface area contributed by atoms with Gasteiger partial charge in [-0.2, -0.15) is 22.1 Å². The molecule has 1 unspecified atom stereocenters. The molecule has 5 heteroatoms. The third kappa shape index (κ3) is 2.95. The van der Waals surface area contributed by atoms with Gasteiger partial charge in [-0.15, -0.1) is 0 Å². The molecule has 17 heavy (non-hydrogen) atoms. The van der Waals surface area contributed by atoms with Crippen LogP contribution in [-0.4, -0.2) is 34.9 Å². The molecule has 0 fully saturated rings. The van der Waals surface area contributed by atoms with Crippen molar-refractivity contribution in [3.05, 3.63) is 11.3 Å². The fourth-order valence-corrected chi connectivity index (χ4v) is 2.45. The van der Waals surface area contributed by atoms with Crippen molar-refractivity contribution in [1.29, 1.82) is 5.26 Å². The zero-order valence-corrected chi connectivity index (χ0v) is 12.0. The first-order valence-corrected chi connectivity index (χ1v) is 7.07. The van der Waals surface area contributed by atoms with E-state index in [9.17, 15) is 5.26 Å². The topological polar surface area (TPSA) is 44.9 Å².